The van der Waals surface area contributed by atoms with Gasteiger partial charge in [0.1, 0.15) is 0 Å². The summed E-state index contributed by atoms with van der Waals surface area (Å²) in [7, 11) is 1.91. The zero-order valence-corrected chi connectivity index (χ0v) is 13.4. The Balaban J connectivity index is 2.64. The van der Waals surface area contributed by atoms with E-state index in [1.165, 1.54) is 0 Å². The van der Waals surface area contributed by atoms with Gasteiger partial charge in [0, 0.05) is 19.6 Å². The van der Waals surface area contributed by atoms with E-state index in [-0.39, 0.29) is 11.7 Å². The van der Waals surface area contributed by atoms with Gasteiger partial charge in [-0.25, -0.2) is 0 Å². The average Bonchev–Trinajstić information content (AvgIpc) is 2.44. The van der Waals surface area contributed by atoms with Gasteiger partial charge in [-0.05, 0) is 45.5 Å². The summed E-state index contributed by atoms with van der Waals surface area (Å²) in [6.45, 7) is 8.83. The SMILES string of the molecule is CCOc1cc(CN(C)CC(=O)N(CC)CC)ccc1O. The van der Waals surface area contributed by atoms with E-state index in [4.69, 9.17) is 4.74 Å². The molecule has 1 rings (SSSR count). The first kappa shape index (κ1) is 17.3. The zero-order chi connectivity index (χ0) is 15.8. The Labute approximate surface area is 127 Å². The number of nitrogens with zero attached hydrogens (tertiary/aromatic N) is 2. The molecule has 0 saturated carbocycles. The molecule has 1 aromatic rings. The maximum Gasteiger partial charge on any atom is 0.236 e. The van der Waals surface area contributed by atoms with Gasteiger partial charge in [-0.3, -0.25) is 9.69 Å². The van der Waals surface area contributed by atoms with E-state index in [1.54, 1.807) is 6.07 Å². The number of ether oxygens (including phenoxy) is 1. The molecule has 0 heterocycles. The van der Waals surface area contributed by atoms with E-state index in [1.807, 2.05) is 49.8 Å². The minimum Gasteiger partial charge on any atom is -0.504 e. The van der Waals surface area contributed by atoms with Crippen LogP contribution in [0.15, 0.2) is 18.2 Å². The number of phenolic OH excluding ortho intramolecular Hbond substituents is 1. The number of amides is 1. The second-order valence-electron chi connectivity index (χ2n) is 4.97. The molecule has 0 aromatic heterocycles. The third kappa shape index (κ3) is 5.27. The summed E-state index contributed by atoms with van der Waals surface area (Å²) in [6.07, 6.45) is 0. The number of likely N-dealkylation sites (N-methyl/N-ethyl adjacent to an activating group) is 2. The molecule has 0 aliphatic carbocycles. The monoisotopic (exact) mass is 294 g/mol. The van der Waals surface area contributed by atoms with Gasteiger partial charge in [-0.1, -0.05) is 6.07 Å². The number of rotatable bonds is 8. The molecule has 0 aliphatic rings. The molecule has 0 spiro atoms. The maximum atomic E-state index is 12.0. The molecule has 1 aromatic carbocycles. The topological polar surface area (TPSA) is 53.0 Å². The maximum absolute atomic E-state index is 12.0. The second kappa shape index (κ2) is 8.52. The molecule has 0 radical (unpaired) electrons. The van der Waals surface area contributed by atoms with Gasteiger partial charge in [0.05, 0.1) is 13.2 Å². The van der Waals surface area contributed by atoms with Crippen LogP contribution in [0.4, 0.5) is 0 Å². The van der Waals surface area contributed by atoms with Crippen molar-refractivity contribution < 1.29 is 14.6 Å². The summed E-state index contributed by atoms with van der Waals surface area (Å²) in [6, 6.07) is 5.29. The third-order valence-electron chi connectivity index (χ3n) is 3.30. The molecule has 1 amide bonds. The van der Waals surface area contributed by atoms with Crippen molar-refractivity contribution in [3.63, 3.8) is 0 Å². The van der Waals surface area contributed by atoms with E-state index in [2.05, 4.69) is 0 Å². The minimum atomic E-state index is 0.131. The Bertz CT molecular complexity index is 459. The predicted molar refractivity (Wildman–Crippen MR) is 83.5 cm³/mol. The van der Waals surface area contributed by atoms with Crippen molar-refractivity contribution in [1.29, 1.82) is 0 Å². The van der Waals surface area contributed by atoms with Crippen LogP contribution in [0.2, 0.25) is 0 Å². The van der Waals surface area contributed by atoms with E-state index in [9.17, 15) is 9.90 Å². The number of hydrogen-bond acceptors (Lipinski definition) is 4. The lowest BCUT2D eigenvalue weighted by Gasteiger charge is -2.23. The Morgan fingerprint density at radius 1 is 1.24 bits per heavy atom. The molecular weight excluding hydrogens is 268 g/mol. The summed E-state index contributed by atoms with van der Waals surface area (Å²) in [4.78, 5) is 15.8. The van der Waals surface area contributed by atoms with Gasteiger partial charge in [-0.2, -0.15) is 0 Å². The van der Waals surface area contributed by atoms with Gasteiger partial charge < -0.3 is 14.7 Å². The van der Waals surface area contributed by atoms with Gasteiger partial charge in [0.25, 0.3) is 0 Å². The number of carbonyl (C=O) groups is 1. The standard InChI is InChI=1S/C16H26N2O3/c1-5-18(6-2)16(20)12-17(4)11-13-8-9-14(19)15(10-13)21-7-3/h8-10,19H,5-7,11-12H2,1-4H3. The highest BCUT2D eigenvalue weighted by Gasteiger charge is 2.13. The highest BCUT2D eigenvalue weighted by atomic mass is 16.5. The lowest BCUT2D eigenvalue weighted by molar-refractivity contribution is -0.131. The molecular formula is C16H26N2O3. The lowest BCUT2D eigenvalue weighted by Crippen LogP contribution is -2.38. The number of carbonyl (C=O) groups excluding carboxylic acids is 1. The summed E-state index contributed by atoms with van der Waals surface area (Å²) in [5, 5.41) is 9.68. The molecule has 0 aliphatic heterocycles. The molecule has 21 heavy (non-hydrogen) atoms. The number of hydrogen-bond donors (Lipinski definition) is 1. The van der Waals surface area contributed by atoms with E-state index in [0.717, 1.165) is 18.7 Å². The minimum absolute atomic E-state index is 0.131. The third-order valence-corrected chi connectivity index (χ3v) is 3.30. The summed E-state index contributed by atoms with van der Waals surface area (Å²) < 4.78 is 5.37. The zero-order valence-electron chi connectivity index (χ0n) is 13.4. The molecule has 1 N–H and O–H groups in total. The van der Waals surface area contributed by atoms with Crippen LogP contribution in [0.3, 0.4) is 0 Å². The summed E-state index contributed by atoms with van der Waals surface area (Å²) in [5.74, 6) is 0.757. The van der Waals surface area contributed by atoms with Crippen LogP contribution in [0.5, 0.6) is 11.5 Å². The Morgan fingerprint density at radius 3 is 2.48 bits per heavy atom. The number of benzene rings is 1. The van der Waals surface area contributed by atoms with Gasteiger partial charge in [-0.15, -0.1) is 0 Å². The average molecular weight is 294 g/mol. The second-order valence-corrected chi connectivity index (χ2v) is 4.97. The van der Waals surface area contributed by atoms with E-state index >= 15 is 0 Å². The van der Waals surface area contributed by atoms with Crippen LogP contribution in [0.25, 0.3) is 0 Å². The fourth-order valence-electron chi connectivity index (χ4n) is 2.20. The highest BCUT2D eigenvalue weighted by molar-refractivity contribution is 5.78. The Hall–Kier alpha value is -1.75. The van der Waals surface area contributed by atoms with Gasteiger partial charge in [0.2, 0.25) is 5.91 Å². The first-order valence-electron chi connectivity index (χ1n) is 7.42. The van der Waals surface area contributed by atoms with Gasteiger partial charge in [0.15, 0.2) is 11.5 Å². The Kier molecular flexibility index (Phi) is 7.02. The normalized spacial score (nSPS) is 10.7. The van der Waals surface area contributed by atoms with Crippen molar-refractivity contribution in [2.75, 3.05) is 33.3 Å². The fraction of sp³-hybridized carbons (Fsp3) is 0.562. The number of aromatic hydroxyl groups is 1. The van der Waals surface area contributed by atoms with Crippen LogP contribution in [-0.4, -0.2) is 54.1 Å². The Morgan fingerprint density at radius 2 is 1.90 bits per heavy atom. The molecule has 5 heteroatoms. The van der Waals surface area contributed by atoms with Gasteiger partial charge >= 0.3 is 0 Å². The van der Waals surface area contributed by atoms with Crippen molar-refractivity contribution in [3.8, 4) is 11.5 Å². The van der Waals surface area contributed by atoms with Crippen molar-refractivity contribution in [2.24, 2.45) is 0 Å². The summed E-state index contributed by atoms with van der Waals surface area (Å²) in [5.41, 5.74) is 1.01. The van der Waals surface area contributed by atoms with Crippen LogP contribution >= 0.6 is 0 Å². The first-order chi connectivity index (χ1) is 10.0. The smallest absolute Gasteiger partial charge is 0.236 e. The predicted octanol–water partition coefficient (Wildman–Crippen LogP) is 2.09. The van der Waals surface area contributed by atoms with Crippen LogP contribution in [-0.2, 0) is 11.3 Å². The summed E-state index contributed by atoms with van der Waals surface area (Å²) >= 11 is 0. The first-order valence-corrected chi connectivity index (χ1v) is 7.42. The molecule has 118 valence electrons. The largest absolute Gasteiger partial charge is 0.504 e. The molecule has 0 bridgehead atoms. The van der Waals surface area contributed by atoms with E-state index < -0.39 is 0 Å². The molecule has 0 atom stereocenters. The molecule has 0 fully saturated rings. The van der Waals surface area contributed by atoms with Crippen molar-refractivity contribution in [3.05, 3.63) is 23.8 Å². The molecule has 0 saturated heterocycles. The van der Waals surface area contributed by atoms with Crippen molar-refractivity contribution in [2.45, 2.75) is 27.3 Å². The molecule has 0 unspecified atom stereocenters. The lowest BCUT2D eigenvalue weighted by atomic mass is 10.2. The fourth-order valence-corrected chi connectivity index (χ4v) is 2.20. The van der Waals surface area contributed by atoms with Crippen LogP contribution in [0.1, 0.15) is 26.3 Å². The van der Waals surface area contributed by atoms with Crippen LogP contribution < -0.4 is 4.74 Å². The van der Waals surface area contributed by atoms with E-state index in [0.29, 0.717) is 25.4 Å². The van der Waals surface area contributed by atoms with Crippen molar-refractivity contribution >= 4 is 5.91 Å². The molecule has 5 nitrogen and oxygen atoms in total. The number of phenols is 1. The quantitative estimate of drug-likeness (QED) is 0.797. The van der Waals surface area contributed by atoms with Crippen LogP contribution in [0, 0.1) is 0 Å². The highest BCUT2D eigenvalue weighted by Crippen LogP contribution is 2.27. The van der Waals surface area contributed by atoms with Crippen molar-refractivity contribution in [1.82, 2.24) is 9.80 Å².